The van der Waals surface area contributed by atoms with Gasteiger partial charge in [0.1, 0.15) is 6.10 Å². The Morgan fingerprint density at radius 3 is 2.24 bits per heavy atom. The number of carbonyl (C=O) groups excluding carboxylic acids is 1. The van der Waals surface area contributed by atoms with Crippen molar-refractivity contribution in [1.82, 2.24) is 5.32 Å². The fourth-order valence-electron chi connectivity index (χ4n) is 1.82. The van der Waals surface area contributed by atoms with Crippen molar-refractivity contribution in [2.24, 2.45) is 0 Å². The van der Waals surface area contributed by atoms with Crippen LogP contribution >= 0.6 is 0 Å². The van der Waals surface area contributed by atoms with Crippen LogP contribution in [-0.2, 0) is 14.3 Å². The second-order valence-electron chi connectivity index (χ2n) is 4.79. The van der Waals surface area contributed by atoms with Crippen LogP contribution in [0.4, 0.5) is 0 Å². The van der Waals surface area contributed by atoms with E-state index in [1.807, 2.05) is 20.8 Å². The van der Waals surface area contributed by atoms with E-state index in [9.17, 15) is 9.59 Å². The maximum atomic E-state index is 11.9. The second-order valence-corrected chi connectivity index (χ2v) is 4.79. The Hall–Kier alpha value is -1.10. The molecule has 0 spiro atoms. The highest BCUT2D eigenvalue weighted by molar-refractivity contribution is 5.83. The van der Waals surface area contributed by atoms with Gasteiger partial charge in [0.2, 0.25) is 5.91 Å². The molecule has 0 aliphatic carbocycles. The molecule has 98 valence electrons. The maximum Gasteiger partial charge on any atom is 0.332 e. The van der Waals surface area contributed by atoms with E-state index in [0.717, 1.165) is 12.8 Å². The molecule has 1 saturated heterocycles. The van der Waals surface area contributed by atoms with Gasteiger partial charge in [0.25, 0.3) is 0 Å². The van der Waals surface area contributed by atoms with Crippen molar-refractivity contribution in [2.75, 3.05) is 0 Å². The minimum Gasteiger partial charge on any atom is -0.479 e. The number of rotatable bonds is 5. The van der Waals surface area contributed by atoms with Crippen molar-refractivity contribution in [2.45, 2.75) is 64.2 Å². The summed E-state index contributed by atoms with van der Waals surface area (Å²) >= 11 is 0. The normalized spacial score (nSPS) is 24.6. The summed E-state index contributed by atoms with van der Waals surface area (Å²) in [4.78, 5) is 22.6. The van der Waals surface area contributed by atoms with Gasteiger partial charge < -0.3 is 15.2 Å². The average Bonchev–Trinajstić information content (AvgIpc) is 2.78. The first-order chi connectivity index (χ1) is 7.91. The zero-order valence-corrected chi connectivity index (χ0v) is 10.7. The van der Waals surface area contributed by atoms with Crippen molar-refractivity contribution in [1.29, 1.82) is 0 Å². The summed E-state index contributed by atoms with van der Waals surface area (Å²) in [6.07, 6.45) is 1.11. The SMILES string of the molecule is CCC(C)(CC)NC(=O)C1CCC(C(=O)O)O1. The van der Waals surface area contributed by atoms with E-state index in [1.54, 1.807) is 0 Å². The molecule has 0 aromatic heterocycles. The number of carboxylic acid groups (broad SMARTS) is 1. The number of carboxylic acids is 1. The van der Waals surface area contributed by atoms with Crippen LogP contribution in [0, 0.1) is 0 Å². The molecule has 0 radical (unpaired) electrons. The van der Waals surface area contributed by atoms with E-state index in [1.165, 1.54) is 0 Å². The van der Waals surface area contributed by atoms with E-state index in [4.69, 9.17) is 9.84 Å². The Morgan fingerprint density at radius 1 is 1.29 bits per heavy atom. The molecule has 17 heavy (non-hydrogen) atoms. The lowest BCUT2D eigenvalue weighted by Gasteiger charge is -2.29. The summed E-state index contributed by atoms with van der Waals surface area (Å²) in [6.45, 7) is 6.01. The van der Waals surface area contributed by atoms with E-state index >= 15 is 0 Å². The largest absolute Gasteiger partial charge is 0.479 e. The van der Waals surface area contributed by atoms with Crippen molar-refractivity contribution in [3.05, 3.63) is 0 Å². The fourth-order valence-corrected chi connectivity index (χ4v) is 1.82. The van der Waals surface area contributed by atoms with Crippen LogP contribution in [0.5, 0.6) is 0 Å². The standard InChI is InChI=1S/C12H21NO4/c1-4-12(3,5-2)13-10(14)8-6-7-9(17-8)11(15)16/h8-9H,4-7H2,1-3H3,(H,13,14)(H,15,16). The highest BCUT2D eigenvalue weighted by Crippen LogP contribution is 2.22. The predicted octanol–water partition coefficient (Wildman–Crippen LogP) is 1.31. The van der Waals surface area contributed by atoms with Crippen LogP contribution in [0.25, 0.3) is 0 Å². The van der Waals surface area contributed by atoms with Crippen LogP contribution < -0.4 is 5.32 Å². The number of hydrogen-bond donors (Lipinski definition) is 2. The number of amides is 1. The van der Waals surface area contributed by atoms with Gasteiger partial charge in [-0.1, -0.05) is 13.8 Å². The maximum absolute atomic E-state index is 11.9. The monoisotopic (exact) mass is 243 g/mol. The summed E-state index contributed by atoms with van der Waals surface area (Å²) in [5.74, 6) is -1.19. The number of carbonyl (C=O) groups is 2. The lowest BCUT2D eigenvalue weighted by atomic mass is 9.95. The summed E-state index contributed by atoms with van der Waals surface area (Å²) < 4.78 is 5.21. The van der Waals surface area contributed by atoms with Gasteiger partial charge in [-0.25, -0.2) is 4.79 Å². The molecule has 2 unspecified atom stereocenters. The molecule has 1 heterocycles. The number of ether oxygens (including phenoxy) is 1. The molecule has 5 heteroatoms. The molecule has 1 amide bonds. The van der Waals surface area contributed by atoms with E-state index in [2.05, 4.69) is 5.32 Å². The van der Waals surface area contributed by atoms with Crippen LogP contribution in [0.2, 0.25) is 0 Å². The van der Waals surface area contributed by atoms with Crippen molar-refractivity contribution < 1.29 is 19.4 Å². The van der Waals surface area contributed by atoms with Crippen molar-refractivity contribution >= 4 is 11.9 Å². The first-order valence-electron chi connectivity index (χ1n) is 6.12. The average molecular weight is 243 g/mol. The molecular formula is C12H21NO4. The van der Waals surface area contributed by atoms with Crippen LogP contribution in [0.15, 0.2) is 0 Å². The third-order valence-corrected chi connectivity index (χ3v) is 3.57. The molecule has 5 nitrogen and oxygen atoms in total. The van der Waals surface area contributed by atoms with Gasteiger partial charge in [-0.05, 0) is 32.6 Å². The van der Waals surface area contributed by atoms with Gasteiger partial charge in [0.15, 0.2) is 6.10 Å². The molecule has 1 aliphatic heterocycles. The smallest absolute Gasteiger partial charge is 0.332 e. The minimum absolute atomic E-state index is 0.194. The fraction of sp³-hybridized carbons (Fsp3) is 0.833. The van der Waals surface area contributed by atoms with Crippen LogP contribution in [0.3, 0.4) is 0 Å². The Labute approximate surface area is 102 Å². The third-order valence-electron chi connectivity index (χ3n) is 3.57. The summed E-state index contributed by atoms with van der Waals surface area (Å²) in [5.41, 5.74) is -0.234. The molecule has 0 bridgehead atoms. The molecule has 1 fully saturated rings. The Bertz CT molecular complexity index is 299. The minimum atomic E-state index is -0.992. The molecule has 1 rings (SSSR count). The molecule has 2 atom stereocenters. The van der Waals surface area contributed by atoms with Gasteiger partial charge in [-0.2, -0.15) is 0 Å². The van der Waals surface area contributed by atoms with Crippen molar-refractivity contribution in [3.8, 4) is 0 Å². The quantitative estimate of drug-likeness (QED) is 0.763. The predicted molar refractivity (Wildman–Crippen MR) is 62.7 cm³/mol. The van der Waals surface area contributed by atoms with Gasteiger partial charge in [0, 0.05) is 5.54 Å². The zero-order valence-electron chi connectivity index (χ0n) is 10.7. The van der Waals surface area contributed by atoms with Crippen LogP contribution in [-0.4, -0.2) is 34.7 Å². The summed E-state index contributed by atoms with van der Waals surface area (Å²) in [7, 11) is 0. The topological polar surface area (TPSA) is 75.6 Å². The molecule has 0 saturated carbocycles. The van der Waals surface area contributed by atoms with E-state index in [-0.39, 0.29) is 11.4 Å². The molecule has 2 N–H and O–H groups in total. The highest BCUT2D eigenvalue weighted by atomic mass is 16.5. The molecule has 1 aliphatic rings. The van der Waals surface area contributed by atoms with Gasteiger partial charge >= 0.3 is 5.97 Å². The van der Waals surface area contributed by atoms with Gasteiger partial charge in [-0.3, -0.25) is 4.79 Å². The van der Waals surface area contributed by atoms with Gasteiger partial charge in [0.05, 0.1) is 0 Å². The Morgan fingerprint density at radius 2 is 1.82 bits per heavy atom. The lowest BCUT2D eigenvalue weighted by Crippen LogP contribution is -2.49. The number of hydrogen-bond acceptors (Lipinski definition) is 3. The van der Waals surface area contributed by atoms with Crippen LogP contribution in [0.1, 0.15) is 46.5 Å². The van der Waals surface area contributed by atoms with Gasteiger partial charge in [-0.15, -0.1) is 0 Å². The Kier molecular flexibility index (Phi) is 4.51. The molecular weight excluding hydrogens is 222 g/mol. The summed E-state index contributed by atoms with van der Waals surface area (Å²) in [5, 5.41) is 11.7. The first kappa shape index (κ1) is 14.0. The van der Waals surface area contributed by atoms with E-state index < -0.39 is 18.2 Å². The number of nitrogens with one attached hydrogen (secondary N) is 1. The van der Waals surface area contributed by atoms with Crippen molar-refractivity contribution in [3.63, 3.8) is 0 Å². The highest BCUT2D eigenvalue weighted by Gasteiger charge is 2.36. The number of aliphatic carboxylic acids is 1. The Balaban J connectivity index is 2.52. The molecule has 0 aromatic carbocycles. The zero-order chi connectivity index (χ0) is 13.1. The molecule has 0 aromatic rings. The van der Waals surface area contributed by atoms with E-state index in [0.29, 0.717) is 12.8 Å². The lowest BCUT2D eigenvalue weighted by molar-refractivity contribution is -0.152. The third kappa shape index (κ3) is 3.43. The summed E-state index contributed by atoms with van der Waals surface area (Å²) in [6, 6.07) is 0. The first-order valence-corrected chi connectivity index (χ1v) is 6.12. The second kappa shape index (κ2) is 5.49.